The van der Waals surface area contributed by atoms with Crippen molar-refractivity contribution in [2.75, 3.05) is 7.11 Å². The zero-order valence-corrected chi connectivity index (χ0v) is 10.3. The standard InChI is InChI=1S/C14H20O2/c1-5-6-10-11-7-8-13(2,12(10)15)9-14(11,3)16-4/h5,7-8,10-11H,1,6,9H2,2-4H3/t10-,11+,13+,14+/m0/s1. The Hall–Kier alpha value is -0.890. The van der Waals surface area contributed by atoms with Gasteiger partial charge in [-0.1, -0.05) is 18.2 Å². The molecule has 1 saturated carbocycles. The molecule has 0 saturated heterocycles. The van der Waals surface area contributed by atoms with E-state index < -0.39 is 0 Å². The van der Waals surface area contributed by atoms with Gasteiger partial charge in [0.25, 0.3) is 0 Å². The van der Waals surface area contributed by atoms with E-state index >= 15 is 0 Å². The van der Waals surface area contributed by atoms with Crippen molar-refractivity contribution >= 4 is 5.78 Å². The van der Waals surface area contributed by atoms with E-state index in [2.05, 4.69) is 25.7 Å². The van der Waals surface area contributed by atoms with Crippen LogP contribution in [0.1, 0.15) is 26.7 Å². The quantitative estimate of drug-likeness (QED) is 0.684. The zero-order valence-electron chi connectivity index (χ0n) is 10.3. The van der Waals surface area contributed by atoms with Crippen LogP contribution in [0.3, 0.4) is 0 Å². The number of allylic oxidation sites excluding steroid dienone is 2. The number of Topliss-reactive ketones (excluding diaryl/α,β-unsaturated/α-hetero) is 1. The number of carbonyl (C=O) groups is 1. The number of fused-ring (bicyclic) bond motifs is 2. The summed E-state index contributed by atoms with van der Waals surface area (Å²) in [6.45, 7) is 7.89. The van der Waals surface area contributed by atoms with Crippen LogP contribution >= 0.6 is 0 Å². The number of hydrogen-bond acceptors (Lipinski definition) is 2. The average Bonchev–Trinajstić information content (AvgIpc) is 2.24. The van der Waals surface area contributed by atoms with E-state index in [9.17, 15) is 4.79 Å². The molecule has 0 heterocycles. The van der Waals surface area contributed by atoms with Crippen LogP contribution in [0.5, 0.6) is 0 Å². The lowest BCUT2D eigenvalue weighted by Gasteiger charge is -2.53. The summed E-state index contributed by atoms with van der Waals surface area (Å²) in [4.78, 5) is 12.3. The van der Waals surface area contributed by atoms with Gasteiger partial charge in [-0.25, -0.2) is 0 Å². The Morgan fingerprint density at radius 3 is 2.88 bits per heavy atom. The molecule has 88 valence electrons. The van der Waals surface area contributed by atoms with E-state index in [-0.39, 0.29) is 22.9 Å². The highest BCUT2D eigenvalue weighted by Gasteiger charge is 2.56. The Kier molecular flexibility index (Phi) is 2.58. The topological polar surface area (TPSA) is 26.3 Å². The summed E-state index contributed by atoms with van der Waals surface area (Å²) < 4.78 is 5.66. The molecule has 0 aromatic heterocycles. The van der Waals surface area contributed by atoms with Crippen LogP contribution < -0.4 is 0 Å². The van der Waals surface area contributed by atoms with Crippen molar-refractivity contribution in [1.82, 2.24) is 0 Å². The largest absolute Gasteiger partial charge is 0.378 e. The molecule has 3 aliphatic carbocycles. The molecule has 0 unspecified atom stereocenters. The second kappa shape index (κ2) is 3.56. The van der Waals surface area contributed by atoms with Crippen LogP contribution in [-0.4, -0.2) is 18.5 Å². The fourth-order valence-corrected chi connectivity index (χ4v) is 3.38. The van der Waals surface area contributed by atoms with Crippen molar-refractivity contribution in [3.05, 3.63) is 24.8 Å². The number of ether oxygens (including phenoxy) is 1. The van der Waals surface area contributed by atoms with Crippen LogP contribution in [0.2, 0.25) is 0 Å². The summed E-state index contributed by atoms with van der Waals surface area (Å²) in [5.41, 5.74) is -0.543. The molecule has 2 bridgehead atoms. The van der Waals surface area contributed by atoms with Gasteiger partial charge in [0.1, 0.15) is 5.78 Å². The Bertz CT molecular complexity index is 358. The summed E-state index contributed by atoms with van der Waals surface area (Å²) in [5.74, 6) is 0.602. The number of ketones is 1. The molecule has 0 N–H and O–H groups in total. The van der Waals surface area contributed by atoms with Crippen LogP contribution in [-0.2, 0) is 9.53 Å². The molecule has 3 rings (SSSR count). The molecular weight excluding hydrogens is 200 g/mol. The highest BCUT2D eigenvalue weighted by Crippen LogP contribution is 2.53. The van der Waals surface area contributed by atoms with E-state index in [1.54, 1.807) is 7.11 Å². The van der Waals surface area contributed by atoms with Crippen molar-refractivity contribution in [2.24, 2.45) is 17.3 Å². The second-order valence-corrected chi connectivity index (χ2v) is 5.49. The number of methoxy groups -OCH3 is 1. The fourth-order valence-electron chi connectivity index (χ4n) is 3.38. The molecule has 2 nitrogen and oxygen atoms in total. The first-order chi connectivity index (χ1) is 7.47. The molecule has 0 aromatic carbocycles. The minimum atomic E-state index is -0.340. The van der Waals surface area contributed by atoms with Gasteiger partial charge in [0, 0.05) is 24.4 Å². The van der Waals surface area contributed by atoms with Gasteiger partial charge < -0.3 is 4.74 Å². The molecule has 0 aliphatic heterocycles. The number of rotatable bonds is 3. The lowest BCUT2D eigenvalue weighted by atomic mass is 9.54. The van der Waals surface area contributed by atoms with Gasteiger partial charge in [-0.2, -0.15) is 0 Å². The van der Waals surface area contributed by atoms with E-state index in [0.29, 0.717) is 5.78 Å². The van der Waals surface area contributed by atoms with Gasteiger partial charge in [0.15, 0.2) is 0 Å². The monoisotopic (exact) mass is 220 g/mol. The summed E-state index contributed by atoms with van der Waals surface area (Å²) in [7, 11) is 1.74. The Morgan fingerprint density at radius 1 is 1.62 bits per heavy atom. The molecule has 0 aromatic rings. The van der Waals surface area contributed by atoms with Gasteiger partial charge in [0.2, 0.25) is 0 Å². The average molecular weight is 220 g/mol. The minimum Gasteiger partial charge on any atom is -0.378 e. The highest BCUT2D eigenvalue weighted by atomic mass is 16.5. The van der Waals surface area contributed by atoms with Crippen LogP contribution in [0.25, 0.3) is 0 Å². The maximum atomic E-state index is 12.3. The maximum Gasteiger partial charge on any atom is 0.146 e. The van der Waals surface area contributed by atoms with E-state index in [0.717, 1.165) is 12.8 Å². The van der Waals surface area contributed by atoms with Crippen molar-refractivity contribution in [3.63, 3.8) is 0 Å². The number of carbonyl (C=O) groups excluding carboxylic acids is 1. The first kappa shape index (κ1) is 11.6. The smallest absolute Gasteiger partial charge is 0.146 e. The molecule has 0 radical (unpaired) electrons. The lowest BCUT2D eigenvalue weighted by Crippen LogP contribution is -2.57. The highest BCUT2D eigenvalue weighted by molar-refractivity contribution is 5.91. The molecule has 0 amide bonds. The molecular formula is C14H20O2. The van der Waals surface area contributed by atoms with Crippen LogP contribution in [0, 0.1) is 17.3 Å². The Morgan fingerprint density at radius 2 is 2.31 bits per heavy atom. The van der Waals surface area contributed by atoms with Crippen molar-refractivity contribution in [3.8, 4) is 0 Å². The normalized spacial score (nSPS) is 46.1. The number of hydrogen-bond donors (Lipinski definition) is 0. The molecule has 3 aliphatic rings. The van der Waals surface area contributed by atoms with Gasteiger partial charge in [-0.3, -0.25) is 4.79 Å². The Labute approximate surface area is 97.4 Å². The van der Waals surface area contributed by atoms with Gasteiger partial charge in [-0.15, -0.1) is 6.58 Å². The molecule has 2 heteroatoms. The van der Waals surface area contributed by atoms with Gasteiger partial charge >= 0.3 is 0 Å². The van der Waals surface area contributed by atoms with Gasteiger partial charge in [-0.05, 0) is 26.7 Å². The third-order valence-corrected chi connectivity index (χ3v) is 4.31. The lowest BCUT2D eigenvalue weighted by molar-refractivity contribution is -0.155. The van der Waals surface area contributed by atoms with Crippen molar-refractivity contribution < 1.29 is 9.53 Å². The third-order valence-electron chi connectivity index (χ3n) is 4.31. The molecule has 1 fully saturated rings. The van der Waals surface area contributed by atoms with Crippen LogP contribution in [0.4, 0.5) is 0 Å². The second-order valence-electron chi connectivity index (χ2n) is 5.49. The Balaban J connectivity index is 2.42. The first-order valence-electron chi connectivity index (χ1n) is 5.86. The van der Waals surface area contributed by atoms with Crippen LogP contribution in [0.15, 0.2) is 24.8 Å². The summed E-state index contributed by atoms with van der Waals surface area (Å²) in [5, 5.41) is 0. The molecule has 4 atom stereocenters. The predicted octanol–water partition coefficient (Wildman–Crippen LogP) is 2.75. The summed E-state index contributed by atoms with van der Waals surface area (Å²) >= 11 is 0. The first-order valence-corrected chi connectivity index (χ1v) is 5.86. The predicted molar refractivity (Wildman–Crippen MR) is 64.1 cm³/mol. The van der Waals surface area contributed by atoms with Crippen molar-refractivity contribution in [2.45, 2.75) is 32.3 Å². The fraction of sp³-hybridized carbons (Fsp3) is 0.643. The summed E-state index contributed by atoms with van der Waals surface area (Å²) in [6, 6.07) is 0. The zero-order chi connectivity index (χ0) is 12.0. The van der Waals surface area contributed by atoms with E-state index in [1.165, 1.54) is 0 Å². The molecule has 0 spiro atoms. The van der Waals surface area contributed by atoms with Crippen molar-refractivity contribution in [1.29, 1.82) is 0 Å². The summed E-state index contributed by atoms with van der Waals surface area (Å²) in [6.07, 6.45) is 7.63. The minimum absolute atomic E-state index is 0.0474. The SMILES string of the molecule is C=CC[C@@H]1C(=O)[C@]2(C)C=C[C@H]1[C@](C)(OC)C2. The third kappa shape index (κ3) is 1.40. The molecule has 16 heavy (non-hydrogen) atoms. The van der Waals surface area contributed by atoms with E-state index in [1.807, 2.05) is 13.0 Å². The van der Waals surface area contributed by atoms with E-state index in [4.69, 9.17) is 4.74 Å². The maximum absolute atomic E-state index is 12.3. The van der Waals surface area contributed by atoms with Gasteiger partial charge in [0.05, 0.1) is 5.60 Å².